The zero-order valence-corrected chi connectivity index (χ0v) is 11.8. The molecule has 0 aliphatic rings. The van der Waals surface area contributed by atoms with Gasteiger partial charge in [0.2, 0.25) is 5.91 Å². The van der Waals surface area contributed by atoms with Crippen molar-refractivity contribution >= 4 is 11.9 Å². The highest BCUT2D eigenvalue weighted by molar-refractivity contribution is 5.82. The minimum absolute atomic E-state index is 0.143. The van der Waals surface area contributed by atoms with Gasteiger partial charge >= 0.3 is 5.97 Å². The maximum absolute atomic E-state index is 11.4. The molecular weight excluding hydrogens is 260 g/mol. The Kier molecular flexibility index (Phi) is 6.52. The lowest BCUT2D eigenvalue weighted by Crippen LogP contribution is -2.38. The predicted molar refractivity (Wildman–Crippen MR) is 74.8 cm³/mol. The van der Waals surface area contributed by atoms with Gasteiger partial charge in [0, 0.05) is 6.54 Å². The number of aliphatic carboxylic acids is 1. The number of hydrogen-bond donors (Lipinski definition) is 2. The predicted octanol–water partition coefficient (Wildman–Crippen LogP) is 0.506. The van der Waals surface area contributed by atoms with Gasteiger partial charge < -0.3 is 15.2 Å². The Morgan fingerprint density at radius 3 is 2.70 bits per heavy atom. The minimum atomic E-state index is -1.05. The molecule has 0 fully saturated rings. The summed E-state index contributed by atoms with van der Waals surface area (Å²) in [7, 11) is 1.78. The highest BCUT2D eigenvalue weighted by Crippen LogP contribution is 2.15. The molecule has 2 N–H and O–H groups in total. The number of carbonyl (C=O) groups is 2. The summed E-state index contributed by atoms with van der Waals surface area (Å²) >= 11 is 0. The first-order valence-electron chi connectivity index (χ1n) is 6.34. The van der Waals surface area contributed by atoms with Gasteiger partial charge in [0.1, 0.15) is 18.9 Å². The average Bonchev–Trinajstić information content (AvgIpc) is 2.38. The van der Waals surface area contributed by atoms with Crippen LogP contribution in [0.1, 0.15) is 5.56 Å². The van der Waals surface area contributed by atoms with Crippen molar-refractivity contribution in [1.29, 1.82) is 0 Å². The molecule has 0 radical (unpaired) electrons. The molecule has 0 atom stereocenters. The molecule has 0 bridgehead atoms. The molecule has 1 rings (SSSR count). The second-order valence-electron chi connectivity index (χ2n) is 4.52. The van der Waals surface area contributed by atoms with E-state index in [2.05, 4.69) is 5.32 Å². The van der Waals surface area contributed by atoms with Gasteiger partial charge in [0.05, 0.1) is 6.54 Å². The van der Waals surface area contributed by atoms with E-state index in [1.807, 2.05) is 31.2 Å². The van der Waals surface area contributed by atoms with Crippen molar-refractivity contribution in [2.75, 3.05) is 33.3 Å². The maximum Gasteiger partial charge on any atom is 0.322 e. The van der Waals surface area contributed by atoms with Gasteiger partial charge in [0.25, 0.3) is 0 Å². The largest absolute Gasteiger partial charge is 0.492 e. The summed E-state index contributed by atoms with van der Waals surface area (Å²) in [6.45, 7) is 2.80. The van der Waals surface area contributed by atoms with E-state index in [0.29, 0.717) is 13.2 Å². The van der Waals surface area contributed by atoms with Gasteiger partial charge in [-0.3, -0.25) is 14.5 Å². The standard InChI is InChI=1S/C14H20N2O4/c1-11-5-3-4-6-12(11)20-8-7-16(2)10-13(17)15-9-14(18)19/h3-6H,7-10H2,1-2H3,(H,15,17)(H,18,19). The molecule has 20 heavy (non-hydrogen) atoms. The summed E-state index contributed by atoms with van der Waals surface area (Å²) < 4.78 is 5.62. The number of para-hydroxylation sites is 1. The van der Waals surface area contributed by atoms with Crippen LogP contribution in [-0.2, 0) is 9.59 Å². The van der Waals surface area contributed by atoms with Crippen LogP contribution in [0.2, 0.25) is 0 Å². The fourth-order valence-electron chi connectivity index (χ4n) is 1.58. The molecule has 0 spiro atoms. The van der Waals surface area contributed by atoms with Crippen LogP contribution < -0.4 is 10.1 Å². The Morgan fingerprint density at radius 1 is 1.35 bits per heavy atom. The lowest BCUT2D eigenvalue weighted by molar-refractivity contribution is -0.138. The van der Waals surface area contributed by atoms with Crippen LogP contribution in [-0.4, -0.2) is 55.2 Å². The zero-order chi connectivity index (χ0) is 15.0. The number of aryl methyl sites for hydroxylation is 1. The lowest BCUT2D eigenvalue weighted by atomic mass is 10.2. The van der Waals surface area contributed by atoms with Gasteiger partial charge in [0.15, 0.2) is 0 Å². The monoisotopic (exact) mass is 280 g/mol. The summed E-state index contributed by atoms with van der Waals surface area (Å²) in [5, 5.41) is 10.8. The summed E-state index contributed by atoms with van der Waals surface area (Å²) in [4.78, 5) is 23.5. The molecule has 0 unspecified atom stereocenters. The van der Waals surface area contributed by atoms with Crippen molar-refractivity contribution in [3.8, 4) is 5.75 Å². The SMILES string of the molecule is Cc1ccccc1OCCN(C)CC(=O)NCC(=O)O. The smallest absolute Gasteiger partial charge is 0.322 e. The zero-order valence-electron chi connectivity index (χ0n) is 11.8. The number of ether oxygens (including phenoxy) is 1. The van der Waals surface area contributed by atoms with E-state index in [4.69, 9.17) is 9.84 Å². The molecule has 0 saturated heterocycles. The van der Waals surface area contributed by atoms with Crippen LogP contribution in [0.4, 0.5) is 0 Å². The Hall–Kier alpha value is -2.08. The van der Waals surface area contributed by atoms with Crippen LogP contribution in [0, 0.1) is 6.92 Å². The molecular formula is C14H20N2O4. The van der Waals surface area contributed by atoms with E-state index in [9.17, 15) is 9.59 Å². The first-order chi connectivity index (χ1) is 9.49. The Balaban J connectivity index is 2.23. The molecule has 110 valence electrons. The van der Waals surface area contributed by atoms with Crippen LogP contribution in [0.5, 0.6) is 5.75 Å². The highest BCUT2D eigenvalue weighted by Gasteiger charge is 2.08. The average molecular weight is 280 g/mol. The summed E-state index contributed by atoms with van der Waals surface area (Å²) in [5.74, 6) is -0.536. The number of rotatable bonds is 8. The molecule has 6 heteroatoms. The van der Waals surface area contributed by atoms with Gasteiger partial charge in [-0.1, -0.05) is 18.2 Å². The molecule has 0 aliphatic heterocycles. The number of benzene rings is 1. The van der Waals surface area contributed by atoms with E-state index >= 15 is 0 Å². The number of nitrogens with zero attached hydrogens (tertiary/aromatic N) is 1. The maximum atomic E-state index is 11.4. The van der Waals surface area contributed by atoms with Gasteiger partial charge in [-0.2, -0.15) is 0 Å². The molecule has 1 amide bonds. The van der Waals surface area contributed by atoms with E-state index < -0.39 is 5.97 Å². The topological polar surface area (TPSA) is 78.9 Å². The van der Waals surface area contributed by atoms with Crippen LogP contribution in [0.3, 0.4) is 0 Å². The van der Waals surface area contributed by atoms with Crippen LogP contribution in [0.15, 0.2) is 24.3 Å². The van der Waals surface area contributed by atoms with E-state index in [-0.39, 0.29) is 19.0 Å². The third-order valence-corrected chi connectivity index (χ3v) is 2.67. The van der Waals surface area contributed by atoms with Crippen molar-refractivity contribution in [3.63, 3.8) is 0 Å². The second kappa shape index (κ2) is 8.16. The first kappa shape index (κ1) is 16.0. The molecule has 6 nitrogen and oxygen atoms in total. The molecule has 1 aromatic rings. The third kappa shape index (κ3) is 6.19. The third-order valence-electron chi connectivity index (χ3n) is 2.67. The minimum Gasteiger partial charge on any atom is -0.492 e. The second-order valence-corrected chi connectivity index (χ2v) is 4.52. The number of hydrogen-bond acceptors (Lipinski definition) is 4. The molecule has 0 saturated carbocycles. The van der Waals surface area contributed by atoms with Crippen molar-refractivity contribution in [2.45, 2.75) is 6.92 Å². The van der Waals surface area contributed by atoms with E-state index in [0.717, 1.165) is 11.3 Å². The van der Waals surface area contributed by atoms with Crippen molar-refractivity contribution < 1.29 is 19.4 Å². The Morgan fingerprint density at radius 2 is 2.05 bits per heavy atom. The van der Waals surface area contributed by atoms with Gasteiger partial charge in [-0.25, -0.2) is 0 Å². The fraction of sp³-hybridized carbons (Fsp3) is 0.429. The number of carboxylic acid groups (broad SMARTS) is 1. The first-order valence-corrected chi connectivity index (χ1v) is 6.34. The van der Waals surface area contributed by atoms with Crippen molar-refractivity contribution in [3.05, 3.63) is 29.8 Å². The van der Waals surface area contributed by atoms with Crippen LogP contribution in [0.25, 0.3) is 0 Å². The molecule has 0 aliphatic carbocycles. The molecule has 1 aromatic carbocycles. The van der Waals surface area contributed by atoms with Gasteiger partial charge in [-0.15, -0.1) is 0 Å². The van der Waals surface area contributed by atoms with E-state index in [1.54, 1.807) is 11.9 Å². The summed E-state index contributed by atoms with van der Waals surface area (Å²) in [6, 6.07) is 7.72. The number of carboxylic acids is 1. The number of amides is 1. The number of nitrogens with one attached hydrogen (secondary N) is 1. The fourth-order valence-corrected chi connectivity index (χ4v) is 1.58. The van der Waals surface area contributed by atoms with E-state index in [1.165, 1.54) is 0 Å². The van der Waals surface area contributed by atoms with Gasteiger partial charge in [-0.05, 0) is 25.6 Å². The normalized spacial score (nSPS) is 10.3. The Bertz CT molecular complexity index is 462. The Labute approximate surface area is 118 Å². The van der Waals surface area contributed by atoms with Crippen molar-refractivity contribution in [2.24, 2.45) is 0 Å². The lowest BCUT2D eigenvalue weighted by Gasteiger charge is -2.16. The number of carbonyl (C=O) groups excluding carboxylic acids is 1. The molecule has 0 heterocycles. The highest BCUT2D eigenvalue weighted by atomic mass is 16.5. The van der Waals surface area contributed by atoms with Crippen molar-refractivity contribution in [1.82, 2.24) is 10.2 Å². The summed E-state index contributed by atoms with van der Waals surface area (Å²) in [6.07, 6.45) is 0. The molecule has 0 aromatic heterocycles. The quantitative estimate of drug-likeness (QED) is 0.725. The summed E-state index contributed by atoms with van der Waals surface area (Å²) in [5.41, 5.74) is 1.06. The van der Waals surface area contributed by atoms with Crippen LogP contribution >= 0.6 is 0 Å². The number of likely N-dealkylation sites (N-methyl/N-ethyl adjacent to an activating group) is 1.